The minimum atomic E-state index is -0.0332. The molecule has 1 aliphatic heterocycles. The predicted octanol–water partition coefficient (Wildman–Crippen LogP) is 2.95. The number of benzene rings is 1. The fourth-order valence-electron chi connectivity index (χ4n) is 2.84. The van der Waals surface area contributed by atoms with Crippen LogP contribution in [0.4, 0.5) is 11.6 Å². The van der Waals surface area contributed by atoms with Crippen LogP contribution in [0.25, 0.3) is 0 Å². The molecule has 2 heterocycles. The molecule has 1 N–H and O–H groups in total. The van der Waals surface area contributed by atoms with Crippen LogP contribution in [0.15, 0.2) is 36.5 Å². The minimum absolute atomic E-state index is 0.0332. The molecular weight excluding hydrogens is 288 g/mol. The van der Waals surface area contributed by atoms with Gasteiger partial charge in [-0.3, -0.25) is 4.79 Å². The first-order valence-electron chi connectivity index (χ1n) is 8.04. The van der Waals surface area contributed by atoms with E-state index in [0.29, 0.717) is 6.54 Å². The van der Waals surface area contributed by atoms with Crippen molar-refractivity contribution in [2.45, 2.75) is 26.7 Å². The maximum Gasteiger partial charge on any atom is 0.229 e. The first-order valence-corrected chi connectivity index (χ1v) is 8.04. The standard InChI is InChI=1S/C18H22N4O/c1-13-5-7-16(8-6-13)21-17(23)15-4-3-11-22(12-15)18-19-10-9-14(2)20-18/h5-10,15H,3-4,11-12H2,1-2H3,(H,21,23)/t15-/m1/s1. The van der Waals surface area contributed by atoms with Crippen molar-refractivity contribution in [1.82, 2.24) is 9.97 Å². The van der Waals surface area contributed by atoms with Gasteiger partial charge in [0.2, 0.25) is 11.9 Å². The van der Waals surface area contributed by atoms with E-state index in [0.717, 1.165) is 36.7 Å². The first kappa shape index (κ1) is 15.5. The van der Waals surface area contributed by atoms with E-state index >= 15 is 0 Å². The lowest BCUT2D eigenvalue weighted by Crippen LogP contribution is -2.41. The van der Waals surface area contributed by atoms with Crippen LogP contribution >= 0.6 is 0 Å². The van der Waals surface area contributed by atoms with Gasteiger partial charge in [0.25, 0.3) is 0 Å². The number of nitrogens with one attached hydrogen (secondary N) is 1. The van der Waals surface area contributed by atoms with Gasteiger partial charge in [-0.2, -0.15) is 0 Å². The van der Waals surface area contributed by atoms with E-state index in [2.05, 4.69) is 20.2 Å². The monoisotopic (exact) mass is 310 g/mol. The highest BCUT2D eigenvalue weighted by Gasteiger charge is 2.27. The van der Waals surface area contributed by atoms with E-state index in [1.165, 1.54) is 5.56 Å². The van der Waals surface area contributed by atoms with Crippen LogP contribution < -0.4 is 10.2 Å². The molecule has 2 aromatic rings. The molecule has 1 fully saturated rings. The second-order valence-electron chi connectivity index (χ2n) is 6.14. The van der Waals surface area contributed by atoms with Gasteiger partial charge in [0.15, 0.2) is 0 Å². The highest BCUT2D eigenvalue weighted by atomic mass is 16.1. The molecule has 1 amide bonds. The Balaban J connectivity index is 1.65. The number of carbonyl (C=O) groups excluding carboxylic acids is 1. The van der Waals surface area contributed by atoms with Crippen LogP contribution in [0, 0.1) is 19.8 Å². The first-order chi connectivity index (χ1) is 11.1. The fraction of sp³-hybridized carbons (Fsp3) is 0.389. The summed E-state index contributed by atoms with van der Waals surface area (Å²) in [5.74, 6) is 0.762. The molecule has 0 spiro atoms. The third kappa shape index (κ3) is 3.86. The summed E-state index contributed by atoms with van der Waals surface area (Å²) in [6.07, 6.45) is 3.65. The molecule has 0 unspecified atom stereocenters. The second kappa shape index (κ2) is 6.77. The third-order valence-corrected chi connectivity index (χ3v) is 4.18. The molecule has 1 atom stereocenters. The number of rotatable bonds is 3. The summed E-state index contributed by atoms with van der Waals surface area (Å²) in [7, 11) is 0. The minimum Gasteiger partial charge on any atom is -0.340 e. The Hall–Kier alpha value is -2.43. The van der Waals surface area contributed by atoms with Gasteiger partial charge in [-0.1, -0.05) is 17.7 Å². The number of carbonyl (C=O) groups is 1. The molecule has 0 radical (unpaired) electrons. The average molecular weight is 310 g/mol. The number of hydrogen-bond acceptors (Lipinski definition) is 4. The maximum atomic E-state index is 12.5. The summed E-state index contributed by atoms with van der Waals surface area (Å²) in [4.78, 5) is 23.4. The van der Waals surface area contributed by atoms with E-state index in [4.69, 9.17) is 0 Å². The third-order valence-electron chi connectivity index (χ3n) is 4.18. The molecule has 3 rings (SSSR count). The summed E-state index contributed by atoms with van der Waals surface area (Å²) < 4.78 is 0. The summed E-state index contributed by atoms with van der Waals surface area (Å²) >= 11 is 0. The second-order valence-corrected chi connectivity index (χ2v) is 6.14. The number of aryl methyl sites for hydroxylation is 2. The SMILES string of the molecule is Cc1ccc(NC(=O)[C@@H]2CCCN(c3nccc(C)n3)C2)cc1. The molecule has 23 heavy (non-hydrogen) atoms. The lowest BCUT2D eigenvalue weighted by atomic mass is 9.97. The van der Waals surface area contributed by atoms with Crippen molar-refractivity contribution in [3.8, 4) is 0 Å². The van der Waals surface area contributed by atoms with Crippen molar-refractivity contribution >= 4 is 17.5 Å². The normalized spacial score (nSPS) is 17.8. The Bertz CT molecular complexity index is 684. The summed E-state index contributed by atoms with van der Waals surface area (Å²) in [5.41, 5.74) is 2.98. The lowest BCUT2D eigenvalue weighted by Gasteiger charge is -2.32. The molecule has 5 nitrogen and oxygen atoms in total. The highest BCUT2D eigenvalue weighted by Crippen LogP contribution is 2.22. The van der Waals surface area contributed by atoms with E-state index in [9.17, 15) is 4.79 Å². The molecule has 1 aromatic carbocycles. The number of piperidine rings is 1. The van der Waals surface area contributed by atoms with Crippen LogP contribution in [-0.4, -0.2) is 29.0 Å². The number of amides is 1. The zero-order chi connectivity index (χ0) is 16.2. The lowest BCUT2D eigenvalue weighted by molar-refractivity contribution is -0.120. The van der Waals surface area contributed by atoms with E-state index in [1.54, 1.807) is 6.20 Å². The van der Waals surface area contributed by atoms with Gasteiger partial charge in [-0.15, -0.1) is 0 Å². The molecule has 5 heteroatoms. The Morgan fingerprint density at radius 2 is 2.00 bits per heavy atom. The topological polar surface area (TPSA) is 58.1 Å². The molecule has 0 saturated carbocycles. The number of hydrogen-bond donors (Lipinski definition) is 1. The van der Waals surface area contributed by atoms with Gasteiger partial charge in [-0.25, -0.2) is 9.97 Å². The van der Waals surface area contributed by atoms with Crippen LogP contribution in [0.3, 0.4) is 0 Å². The Kier molecular flexibility index (Phi) is 4.55. The zero-order valence-corrected chi connectivity index (χ0v) is 13.6. The van der Waals surface area contributed by atoms with Crippen LogP contribution in [0.2, 0.25) is 0 Å². The Morgan fingerprint density at radius 1 is 1.22 bits per heavy atom. The predicted molar refractivity (Wildman–Crippen MR) is 91.5 cm³/mol. The van der Waals surface area contributed by atoms with Gasteiger partial charge < -0.3 is 10.2 Å². The van der Waals surface area contributed by atoms with E-state index in [-0.39, 0.29) is 11.8 Å². The van der Waals surface area contributed by atoms with Crippen LogP contribution in [0.5, 0.6) is 0 Å². The number of anilines is 2. The maximum absolute atomic E-state index is 12.5. The van der Waals surface area contributed by atoms with Gasteiger partial charge >= 0.3 is 0 Å². The zero-order valence-electron chi connectivity index (χ0n) is 13.6. The van der Waals surface area contributed by atoms with E-state index < -0.39 is 0 Å². The highest BCUT2D eigenvalue weighted by molar-refractivity contribution is 5.93. The van der Waals surface area contributed by atoms with Gasteiger partial charge in [-0.05, 0) is 44.9 Å². The summed E-state index contributed by atoms with van der Waals surface area (Å²) in [6.45, 7) is 5.56. The molecule has 0 aliphatic carbocycles. The number of nitrogens with zero attached hydrogens (tertiary/aromatic N) is 3. The van der Waals surface area contributed by atoms with Gasteiger partial charge in [0, 0.05) is 30.7 Å². The quantitative estimate of drug-likeness (QED) is 0.947. The van der Waals surface area contributed by atoms with Crippen molar-refractivity contribution in [1.29, 1.82) is 0 Å². The van der Waals surface area contributed by atoms with Crippen molar-refractivity contribution in [2.24, 2.45) is 5.92 Å². The van der Waals surface area contributed by atoms with Gasteiger partial charge in [0.1, 0.15) is 0 Å². The summed E-state index contributed by atoms with van der Waals surface area (Å²) in [5, 5.41) is 3.02. The van der Waals surface area contributed by atoms with E-state index in [1.807, 2.05) is 44.2 Å². The average Bonchev–Trinajstić information content (AvgIpc) is 2.57. The molecule has 1 aromatic heterocycles. The number of aromatic nitrogens is 2. The van der Waals surface area contributed by atoms with Crippen molar-refractivity contribution in [3.05, 3.63) is 47.8 Å². The molecule has 120 valence electrons. The Labute approximate surface area is 136 Å². The largest absolute Gasteiger partial charge is 0.340 e. The van der Waals surface area contributed by atoms with Crippen LogP contribution in [-0.2, 0) is 4.79 Å². The molecule has 1 aliphatic rings. The molecule has 0 bridgehead atoms. The van der Waals surface area contributed by atoms with Crippen molar-refractivity contribution in [3.63, 3.8) is 0 Å². The smallest absolute Gasteiger partial charge is 0.229 e. The van der Waals surface area contributed by atoms with Crippen LogP contribution in [0.1, 0.15) is 24.1 Å². The fourth-order valence-corrected chi connectivity index (χ4v) is 2.84. The van der Waals surface area contributed by atoms with Crippen molar-refractivity contribution in [2.75, 3.05) is 23.3 Å². The van der Waals surface area contributed by atoms with Gasteiger partial charge in [0.05, 0.1) is 5.92 Å². The Morgan fingerprint density at radius 3 is 2.74 bits per heavy atom. The molecular formula is C18H22N4O. The summed E-state index contributed by atoms with van der Waals surface area (Å²) in [6, 6.07) is 9.77. The van der Waals surface area contributed by atoms with Crippen molar-refractivity contribution < 1.29 is 4.79 Å². The molecule has 1 saturated heterocycles.